The van der Waals surface area contributed by atoms with E-state index >= 15 is 0 Å². The van der Waals surface area contributed by atoms with Crippen LogP contribution in [0.15, 0.2) is 107 Å². The Morgan fingerprint density at radius 3 is 2.27 bits per heavy atom. The number of hydrogen-bond acceptors (Lipinski definition) is 5. The summed E-state index contributed by atoms with van der Waals surface area (Å²) in [5, 5.41) is 12.6. The second-order valence-electron chi connectivity index (χ2n) is 8.42. The minimum Gasteiger partial charge on any atom is -0.493 e. The number of methoxy groups -OCH3 is 2. The molecule has 37 heavy (non-hydrogen) atoms. The molecule has 0 aliphatic rings. The van der Waals surface area contributed by atoms with Crippen LogP contribution in [0, 0.1) is 11.3 Å². The number of nitrogens with zero attached hydrogens (tertiary/aromatic N) is 1. The average Bonchev–Trinajstić information content (AvgIpc) is 2.95. The molecule has 5 nitrogen and oxygen atoms in total. The summed E-state index contributed by atoms with van der Waals surface area (Å²) in [6, 6.07) is 33.2. The van der Waals surface area contributed by atoms with Gasteiger partial charge in [-0.05, 0) is 53.9 Å². The molecule has 0 spiro atoms. The van der Waals surface area contributed by atoms with Crippen LogP contribution in [0.4, 0.5) is 0 Å². The molecule has 0 heterocycles. The predicted molar refractivity (Wildman–Crippen MR) is 146 cm³/mol. The lowest BCUT2D eigenvalue weighted by Crippen LogP contribution is -2.29. The van der Waals surface area contributed by atoms with E-state index in [1.165, 1.54) is 17.3 Å². The minimum absolute atomic E-state index is 0.0188. The summed E-state index contributed by atoms with van der Waals surface area (Å²) in [6.45, 7) is 0.441. The number of hydrogen-bond donors (Lipinski definition) is 1. The van der Waals surface area contributed by atoms with Gasteiger partial charge in [0, 0.05) is 22.3 Å². The van der Waals surface area contributed by atoms with Gasteiger partial charge in [-0.1, -0.05) is 72.4 Å². The summed E-state index contributed by atoms with van der Waals surface area (Å²) in [6.07, 6.45) is 0.753. The summed E-state index contributed by atoms with van der Waals surface area (Å²) in [5.41, 5.74) is 3.39. The molecule has 0 saturated carbocycles. The predicted octanol–water partition coefficient (Wildman–Crippen LogP) is 6.48. The van der Waals surface area contributed by atoms with E-state index in [1.807, 2.05) is 78.9 Å². The van der Waals surface area contributed by atoms with Gasteiger partial charge in [-0.3, -0.25) is 4.79 Å². The fraction of sp³-hybridized carbons (Fsp3) is 0.161. The van der Waals surface area contributed by atoms with Crippen molar-refractivity contribution in [1.82, 2.24) is 5.32 Å². The maximum atomic E-state index is 13.4. The van der Waals surface area contributed by atoms with Crippen molar-refractivity contribution >= 4 is 17.7 Å². The molecule has 0 radical (unpaired) electrons. The van der Waals surface area contributed by atoms with Crippen LogP contribution in [0.2, 0.25) is 0 Å². The maximum absolute atomic E-state index is 13.4. The van der Waals surface area contributed by atoms with E-state index in [0.29, 0.717) is 29.2 Å². The largest absolute Gasteiger partial charge is 0.493 e. The molecule has 0 saturated heterocycles. The van der Waals surface area contributed by atoms with E-state index in [1.54, 1.807) is 20.3 Å². The van der Waals surface area contributed by atoms with E-state index in [2.05, 4.69) is 23.5 Å². The summed E-state index contributed by atoms with van der Waals surface area (Å²) in [7, 11) is 3.23. The van der Waals surface area contributed by atoms with E-state index in [4.69, 9.17) is 9.47 Å². The molecule has 0 bridgehead atoms. The molecule has 4 aromatic carbocycles. The van der Waals surface area contributed by atoms with Gasteiger partial charge in [-0.2, -0.15) is 5.26 Å². The van der Waals surface area contributed by atoms with Crippen molar-refractivity contribution in [2.75, 3.05) is 20.8 Å². The van der Waals surface area contributed by atoms with Crippen LogP contribution in [0.3, 0.4) is 0 Å². The van der Waals surface area contributed by atoms with Crippen LogP contribution in [-0.4, -0.2) is 26.7 Å². The number of nitrogens with one attached hydrogen (secondary N) is 1. The van der Waals surface area contributed by atoms with Gasteiger partial charge in [0.1, 0.15) is 6.07 Å². The van der Waals surface area contributed by atoms with Crippen LogP contribution in [-0.2, 0) is 6.42 Å². The normalized spacial score (nSPS) is 11.3. The summed E-state index contributed by atoms with van der Waals surface area (Å²) in [4.78, 5) is 15.0. The Morgan fingerprint density at radius 2 is 1.54 bits per heavy atom. The highest BCUT2D eigenvalue weighted by molar-refractivity contribution is 7.99. The number of ether oxygens (including phenoxy) is 2. The first kappa shape index (κ1) is 25.9. The lowest BCUT2D eigenvalue weighted by Gasteiger charge is -2.20. The molecule has 4 aromatic rings. The smallest absolute Gasteiger partial charge is 0.252 e. The molecule has 0 fully saturated rings. The number of rotatable bonds is 10. The van der Waals surface area contributed by atoms with Crippen molar-refractivity contribution in [3.8, 4) is 17.6 Å². The Bertz CT molecular complexity index is 1400. The highest BCUT2D eigenvalue weighted by Gasteiger charge is 2.19. The second-order valence-corrected chi connectivity index (χ2v) is 9.50. The first-order valence-corrected chi connectivity index (χ1v) is 12.7. The number of carbonyl (C=O) groups excluding carboxylic acids is 1. The van der Waals surface area contributed by atoms with Crippen LogP contribution in [0.1, 0.15) is 33.0 Å². The molecule has 0 aromatic heterocycles. The Kier molecular flexibility index (Phi) is 8.85. The Morgan fingerprint density at radius 1 is 0.865 bits per heavy atom. The summed E-state index contributed by atoms with van der Waals surface area (Å²) >= 11 is 1.42. The molecule has 1 atom stereocenters. The van der Waals surface area contributed by atoms with Crippen LogP contribution in [0.5, 0.6) is 11.5 Å². The third kappa shape index (κ3) is 6.52. The van der Waals surface area contributed by atoms with Gasteiger partial charge in [0.2, 0.25) is 0 Å². The molecule has 1 amide bonds. The summed E-state index contributed by atoms with van der Waals surface area (Å²) in [5.74, 6) is 1.18. The first-order valence-electron chi connectivity index (χ1n) is 11.9. The van der Waals surface area contributed by atoms with Crippen LogP contribution >= 0.6 is 11.8 Å². The lowest BCUT2D eigenvalue weighted by molar-refractivity contribution is 0.0948. The molecule has 186 valence electrons. The topological polar surface area (TPSA) is 71.3 Å². The van der Waals surface area contributed by atoms with E-state index in [-0.39, 0.29) is 11.8 Å². The Labute approximate surface area is 222 Å². The van der Waals surface area contributed by atoms with Crippen LogP contribution < -0.4 is 14.8 Å². The standard InChI is InChI=1S/C31H28N2O3S/c1-35-27-17-16-23(19-28(27)36-2)25(18-22-10-4-3-5-11-22)21-33-31(34)26-13-7-9-15-30(26)37-29-14-8-6-12-24(29)20-32/h3-17,19,25H,18,21H2,1-2H3,(H,33,34)/t25-/m0/s1. The zero-order valence-corrected chi connectivity index (χ0v) is 21.6. The number of nitriles is 1. The Balaban J connectivity index is 1.57. The average molecular weight is 509 g/mol. The fourth-order valence-corrected chi connectivity index (χ4v) is 5.16. The van der Waals surface area contributed by atoms with Crippen molar-refractivity contribution < 1.29 is 14.3 Å². The lowest BCUT2D eigenvalue weighted by atomic mass is 9.91. The van der Waals surface area contributed by atoms with Gasteiger partial charge in [-0.15, -0.1) is 0 Å². The van der Waals surface area contributed by atoms with Crippen molar-refractivity contribution in [2.24, 2.45) is 0 Å². The maximum Gasteiger partial charge on any atom is 0.252 e. The zero-order valence-electron chi connectivity index (χ0n) is 20.8. The monoisotopic (exact) mass is 508 g/mol. The fourth-order valence-electron chi connectivity index (χ4n) is 4.13. The molecule has 0 aliphatic carbocycles. The quantitative estimate of drug-likeness (QED) is 0.265. The van der Waals surface area contributed by atoms with Gasteiger partial charge in [0.25, 0.3) is 5.91 Å². The molecule has 6 heteroatoms. The molecule has 0 unspecified atom stereocenters. The first-order chi connectivity index (χ1) is 18.1. The highest BCUT2D eigenvalue weighted by atomic mass is 32.2. The van der Waals surface area contributed by atoms with Gasteiger partial charge in [-0.25, -0.2) is 0 Å². The van der Waals surface area contributed by atoms with Crippen LogP contribution in [0.25, 0.3) is 0 Å². The molecule has 4 rings (SSSR count). The minimum atomic E-state index is -0.156. The third-order valence-electron chi connectivity index (χ3n) is 6.07. The van der Waals surface area contributed by atoms with Crippen molar-refractivity contribution in [3.63, 3.8) is 0 Å². The van der Waals surface area contributed by atoms with Gasteiger partial charge in [0.05, 0.1) is 25.3 Å². The SMILES string of the molecule is COc1ccc([C@H](CNC(=O)c2ccccc2Sc2ccccc2C#N)Cc2ccccc2)cc1OC. The zero-order chi connectivity index (χ0) is 26.0. The molecular weight excluding hydrogens is 480 g/mol. The number of benzene rings is 4. The van der Waals surface area contributed by atoms with Gasteiger partial charge < -0.3 is 14.8 Å². The molecular formula is C31H28N2O3S. The molecule has 1 N–H and O–H groups in total. The number of carbonyl (C=O) groups is 1. The van der Waals surface area contributed by atoms with E-state index in [9.17, 15) is 10.1 Å². The van der Waals surface area contributed by atoms with Crippen molar-refractivity contribution in [2.45, 2.75) is 22.1 Å². The van der Waals surface area contributed by atoms with Crippen molar-refractivity contribution in [3.05, 3.63) is 119 Å². The van der Waals surface area contributed by atoms with E-state index < -0.39 is 0 Å². The number of amides is 1. The highest BCUT2D eigenvalue weighted by Crippen LogP contribution is 2.34. The van der Waals surface area contributed by atoms with E-state index in [0.717, 1.165) is 21.8 Å². The van der Waals surface area contributed by atoms with Gasteiger partial charge >= 0.3 is 0 Å². The third-order valence-corrected chi connectivity index (χ3v) is 7.22. The Hall–Kier alpha value is -4.21. The van der Waals surface area contributed by atoms with Crippen molar-refractivity contribution in [1.29, 1.82) is 5.26 Å². The van der Waals surface area contributed by atoms with Gasteiger partial charge in [0.15, 0.2) is 11.5 Å². The molecule has 0 aliphatic heterocycles. The summed E-state index contributed by atoms with van der Waals surface area (Å²) < 4.78 is 10.9. The second kappa shape index (κ2) is 12.7.